The van der Waals surface area contributed by atoms with Crippen LogP contribution in [0, 0.1) is 5.92 Å². The van der Waals surface area contributed by atoms with Gasteiger partial charge in [0.2, 0.25) is 5.95 Å². The summed E-state index contributed by atoms with van der Waals surface area (Å²) >= 11 is 0. The molecule has 5 nitrogen and oxygen atoms in total. The van der Waals surface area contributed by atoms with Crippen molar-refractivity contribution < 1.29 is 0 Å². The fourth-order valence-electron chi connectivity index (χ4n) is 0.773. The van der Waals surface area contributed by atoms with Gasteiger partial charge in [-0.3, -0.25) is 0 Å². The van der Waals surface area contributed by atoms with Gasteiger partial charge >= 0.3 is 0 Å². The van der Waals surface area contributed by atoms with Gasteiger partial charge in [-0.25, -0.2) is 4.68 Å². The molecule has 1 heterocycles. The summed E-state index contributed by atoms with van der Waals surface area (Å²) in [6, 6.07) is 0.255. The molecule has 0 aliphatic carbocycles. The van der Waals surface area contributed by atoms with Crippen LogP contribution in [-0.2, 0) is 0 Å². The summed E-state index contributed by atoms with van der Waals surface area (Å²) < 4.78 is 1.63. The van der Waals surface area contributed by atoms with Crippen LogP contribution in [0.4, 0.5) is 5.95 Å². The van der Waals surface area contributed by atoms with Crippen LogP contribution in [0.3, 0.4) is 0 Å². The molecule has 1 atom stereocenters. The van der Waals surface area contributed by atoms with E-state index in [0.29, 0.717) is 11.9 Å². The zero-order valence-corrected chi connectivity index (χ0v) is 7.02. The maximum Gasteiger partial charge on any atom is 0.240 e. The van der Waals surface area contributed by atoms with Gasteiger partial charge in [0.1, 0.15) is 0 Å². The molecule has 0 saturated heterocycles. The first-order valence-electron chi connectivity index (χ1n) is 3.66. The summed E-state index contributed by atoms with van der Waals surface area (Å²) in [6.07, 6.45) is 0. The Hall–Kier alpha value is -1.13. The molecule has 0 fully saturated rings. The molecule has 1 unspecified atom stereocenters. The highest BCUT2D eigenvalue weighted by atomic mass is 15.6. The molecule has 2 N–H and O–H groups in total. The largest absolute Gasteiger partial charge is 0.367 e. The van der Waals surface area contributed by atoms with E-state index in [0.717, 1.165) is 0 Å². The Morgan fingerprint density at radius 3 is 2.36 bits per heavy atom. The minimum Gasteiger partial charge on any atom is -0.367 e. The van der Waals surface area contributed by atoms with E-state index in [2.05, 4.69) is 29.4 Å². The average Bonchev–Trinajstić information content (AvgIpc) is 2.33. The monoisotopic (exact) mass is 155 g/mol. The van der Waals surface area contributed by atoms with E-state index in [1.165, 1.54) is 0 Å². The number of nitrogens with two attached hydrogens (primary N) is 1. The second-order valence-corrected chi connectivity index (χ2v) is 2.97. The van der Waals surface area contributed by atoms with Gasteiger partial charge in [0.25, 0.3) is 0 Å². The number of nitrogen functional groups attached to an aromatic ring is 1. The predicted molar refractivity (Wildman–Crippen MR) is 41.8 cm³/mol. The van der Waals surface area contributed by atoms with E-state index in [4.69, 9.17) is 5.73 Å². The van der Waals surface area contributed by atoms with Crippen LogP contribution in [0.15, 0.2) is 0 Å². The summed E-state index contributed by atoms with van der Waals surface area (Å²) in [6.45, 7) is 6.24. The highest BCUT2D eigenvalue weighted by molar-refractivity contribution is 5.11. The lowest BCUT2D eigenvalue weighted by Gasteiger charge is -2.14. The minimum atomic E-state index is 0.255. The number of tetrazole rings is 1. The first-order valence-corrected chi connectivity index (χ1v) is 3.66. The van der Waals surface area contributed by atoms with Crippen molar-refractivity contribution in [2.24, 2.45) is 5.92 Å². The molecule has 1 aromatic heterocycles. The molecule has 5 heteroatoms. The normalized spacial score (nSPS) is 13.8. The molecule has 0 amide bonds. The van der Waals surface area contributed by atoms with Crippen molar-refractivity contribution in [3.05, 3.63) is 0 Å². The summed E-state index contributed by atoms with van der Waals surface area (Å²) in [5.74, 6) is 0.868. The summed E-state index contributed by atoms with van der Waals surface area (Å²) in [7, 11) is 0. The van der Waals surface area contributed by atoms with Gasteiger partial charge in [-0.05, 0) is 23.3 Å². The van der Waals surface area contributed by atoms with Gasteiger partial charge in [-0.2, -0.15) is 0 Å². The van der Waals surface area contributed by atoms with Crippen LogP contribution in [-0.4, -0.2) is 20.2 Å². The predicted octanol–water partition coefficient (Wildman–Crippen LogP) is 0.472. The van der Waals surface area contributed by atoms with Crippen molar-refractivity contribution in [2.75, 3.05) is 5.73 Å². The molecular formula is C6H13N5. The maximum atomic E-state index is 5.51. The maximum absolute atomic E-state index is 5.51. The van der Waals surface area contributed by atoms with Crippen molar-refractivity contribution >= 4 is 5.95 Å². The van der Waals surface area contributed by atoms with Crippen molar-refractivity contribution in [1.29, 1.82) is 0 Å². The third-order valence-electron chi connectivity index (χ3n) is 1.87. The molecule has 1 aromatic rings. The quantitative estimate of drug-likeness (QED) is 0.674. The molecule has 0 saturated carbocycles. The van der Waals surface area contributed by atoms with Crippen molar-refractivity contribution in [3.63, 3.8) is 0 Å². The first kappa shape index (κ1) is 7.97. The third-order valence-corrected chi connectivity index (χ3v) is 1.87. The van der Waals surface area contributed by atoms with Crippen LogP contribution in [0.2, 0.25) is 0 Å². The Bertz CT molecular complexity index is 229. The Morgan fingerprint density at radius 1 is 1.36 bits per heavy atom. The number of nitrogens with zero attached hydrogens (tertiary/aromatic N) is 4. The molecule has 0 aliphatic heterocycles. The van der Waals surface area contributed by atoms with Crippen LogP contribution < -0.4 is 5.73 Å². The second kappa shape index (κ2) is 2.86. The van der Waals surface area contributed by atoms with Gasteiger partial charge in [-0.1, -0.05) is 18.9 Å². The van der Waals surface area contributed by atoms with Gasteiger partial charge in [0.15, 0.2) is 0 Å². The van der Waals surface area contributed by atoms with Crippen molar-refractivity contribution in [3.8, 4) is 0 Å². The molecular weight excluding hydrogens is 142 g/mol. The molecule has 0 aromatic carbocycles. The van der Waals surface area contributed by atoms with E-state index < -0.39 is 0 Å². The summed E-state index contributed by atoms with van der Waals surface area (Å²) in [4.78, 5) is 0. The number of aromatic nitrogens is 4. The number of anilines is 1. The SMILES string of the molecule is CC(C)C(C)n1nnnc1N. The zero-order valence-electron chi connectivity index (χ0n) is 7.02. The van der Waals surface area contributed by atoms with E-state index in [-0.39, 0.29) is 6.04 Å². The second-order valence-electron chi connectivity index (χ2n) is 2.97. The van der Waals surface area contributed by atoms with E-state index in [9.17, 15) is 0 Å². The standard InChI is InChI=1S/C6H13N5/c1-4(2)5(3)11-6(7)8-9-10-11/h4-5H,1-3H3,(H2,7,8,10). The molecule has 0 bridgehead atoms. The Kier molecular flexibility index (Phi) is 2.07. The molecule has 1 rings (SSSR count). The molecule has 11 heavy (non-hydrogen) atoms. The molecule has 0 radical (unpaired) electrons. The van der Waals surface area contributed by atoms with Gasteiger partial charge in [-0.15, -0.1) is 0 Å². The topological polar surface area (TPSA) is 69.6 Å². The van der Waals surface area contributed by atoms with Crippen molar-refractivity contribution in [2.45, 2.75) is 26.8 Å². The van der Waals surface area contributed by atoms with Crippen LogP contribution in [0.5, 0.6) is 0 Å². The number of rotatable bonds is 2. The molecule has 0 aliphatic rings. The summed E-state index contributed by atoms with van der Waals surface area (Å²) in [5.41, 5.74) is 5.51. The Morgan fingerprint density at radius 2 is 2.00 bits per heavy atom. The zero-order chi connectivity index (χ0) is 8.43. The van der Waals surface area contributed by atoms with Crippen LogP contribution in [0.25, 0.3) is 0 Å². The first-order chi connectivity index (χ1) is 5.13. The number of hydrogen-bond donors (Lipinski definition) is 1. The van der Waals surface area contributed by atoms with Crippen LogP contribution in [0.1, 0.15) is 26.8 Å². The Balaban J connectivity index is 2.84. The van der Waals surface area contributed by atoms with Crippen molar-refractivity contribution in [1.82, 2.24) is 20.2 Å². The lowest BCUT2D eigenvalue weighted by atomic mass is 10.1. The average molecular weight is 155 g/mol. The summed E-state index contributed by atoms with van der Waals surface area (Å²) in [5, 5.41) is 10.8. The van der Waals surface area contributed by atoms with Gasteiger partial charge in [0.05, 0.1) is 6.04 Å². The smallest absolute Gasteiger partial charge is 0.240 e. The fraction of sp³-hybridized carbons (Fsp3) is 0.833. The lowest BCUT2D eigenvalue weighted by molar-refractivity contribution is 0.372. The minimum absolute atomic E-state index is 0.255. The Labute approximate surface area is 65.6 Å². The van der Waals surface area contributed by atoms with Gasteiger partial charge < -0.3 is 5.73 Å². The van der Waals surface area contributed by atoms with E-state index in [1.807, 2.05) is 6.92 Å². The van der Waals surface area contributed by atoms with Crippen LogP contribution >= 0.6 is 0 Å². The van der Waals surface area contributed by atoms with E-state index in [1.54, 1.807) is 4.68 Å². The lowest BCUT2D eigenvalue weighted by Crippen LogP contribution is -2.15. The third kappa shape index (κ3) is 1.47. The molecule has 62 valence electrons. The fourth-order valence-corrected chi connectivity index (χ4v) is 0.773. The highest BCUT2D eigenvalue weighted by Gasteiger charge is 2.13. The van der Waals surface area contributed by atoms with Gasteiger partial charge in [0, 0.05) is 0 Å². The number of hydrogen-bond acceptors (Lipinski definition) is 4. The van der Waals surface area contributed by atoms with E-state index >= 15 is 0 Å². The highest BCUT2D eigenvalue weighted by Crippen LogP contribution is 2.16. The molecule has 0 spiro atoms.